The third-order valence-electron chi connectivity index (χ3n) is 4.26. The van der Waals surface area contributed by atoms with Gasteiger partial charge in [0.05, 0.1) is 26.3 Å². The van der Waals surface area contributed by atoms with Crippen LogP contribution in [0.25, 0.3) is 0 Å². The molecule has 1 saturated heterocycles. The number of aryl methyl sites for hydroxylation is 1. The van der Waals surface area contributed by atoms with Crippen molar-refractivity contribution in [2.75, 3.05) is 37.7 Å². The minimum absolute atomic E-state index is 0. The summed E-state index contributed by atoms with van der Waals surface area (Å²) < 4.78 is 5.37. The third kappa shape index (κ3) is 5.56. The molecule has 0 atom stereocenters. The summed E-state index contributed by atoms with van der Waals surface area (Å²) in [5.74, 6) is 0.131. The molecule has 2 aromatic carbocycles. The van der Waals surface area contributed by atoms with Crippen LogP contribution in [0, 0.1) is 6.92 Å². The van der Waals surface area contributed by atoms with Crippen LogP contribution in [0.3, 0.4) is 0 Å². The molecule has 4 nitrogen and oxygen atoms in total. The molecule has 0 aromatic heterocycles. The Bertz CT molecular complexity index is 672. The topological polar surface area (TPSA) is 32.8 Å². The van der Waals surface area contributed by atoms with Crippen molar-refractivity contribution >= 4 is 24.0 Å². The Kier molecular flexibility index (Phi) is 7.44. The van der Waals surface area contributed by atoms with Gasteiger partial charge in [-0.15, -0.1) is 12.4 Å². The Hall–Kier alpha value is -1.88. The van der Waals surface area contributed by atoms with Gasteiger partial charge in [-0.25, -0.2) is 0 Å². The summed E-state index contributed by atoms with van der Waals surface area (Å²) in [6.45, 7) is 6.12. The van der Waals surface area contributed by atoms with Gasteiger partial charge < -0.3 is 9.64 Å². The first-order chi connectivity index (χ1) is 11.7. The van der Waals surface area contributed by atoms with E-state index in [0.717, 1.165) is 29.9 Å². The van der Waals surface area contributed by atoms with Crippen molar-refractivity contribution in [1.29, 1.82) is 0 Å². The number of carbonyl (C=O) groups is 1. The van der Waals surface area contributed by atoms with Crippen LogP contribution >= 0.6 is 12.4 Å². The first-order valence-electron chi connectivity index (χ1n) is 8.43. The first kappa shape index (κ1) is 19.4. The molecule has 1 fully saturated rings. The van der Waals surface area contributed by atoms with Crippen LogP contribution in [0.4, 0.5) is 5.69 Å². The fourth-order valence-electron chi connectivity index (χ4n) is 2.92. The lowest BCUT2D eigenvalue weighted by molar-refractivity contribution is -0.120. The number of anilines is 1. The number of nitrogens with zero attached hydrogens (tertiary/aromatic N) is 2. The Morgan fingerprint density at radius 2 is 1.80 bits per heavy atom. The van der Waals surface area contributed by atoms with E-state index < -0.39 is 0 Å². The van der Waals surface area contributed by atoms with Gasteiger partial charge in [-0.3, -0.25) is 9.69 Å². The maximum Gasteiger partial charge on any atom is 0.241 e. The number of amides is 1. The number of morpholine rings is 1. The summed E-state index contributed by atoms with van der Waals surface area (Å²) >= 11 is 0. The number of halogens is 1. The highest BCUT2D eigenvalue weighted by atomic mass is 35.5. The van der Waals surface area contributed by atoms with Crippen LogP contribution in [0.2, 0.25) is 0 Å². The number of carbonyl (C=O) groups excluding carboxylic acids is 1. The van der Waals surface area contributed by atoms with Crippen molar-refractivity contribution in [3.8, 4) is 0 Å². The van der Waals surface area contributed by atoms with Crippen LogP contribution < -0.4 is 4.90 Å². The van der Waals surface area contributed by atoms with E-state index in [1.165, 1.54) is 0 Å². The minimum Gasteiger partial charge on any atom is -0.379 e. The molecule has 0 saturated carbocycles. The highest BCUT2D eigenvalue weighted by molar-refractivity contribution is 5.94. The summed E-state index contributed by atoms with van der Waals surface area (Å²) in [6.07, 6.45) is 0. The predicted molar refractivity (Wildman–Crippen MR) is 103 cm³/mol. The molecule has 3 rings (SSSR count). The van der Waals surface area contributed by atoms with Gasteiger partial charge in [0.2, 0.25) is 5.91 Å². The highest BCUT2D eigenvalue weighted by Crippen LogP contribution is 2.19. The molecule has 134 valence electrons. The van der Waals surface area contributed by atoms with Gasteiger partial charge in [0.25, 0.3) is 0 Å². The molecule has 1 heterocycles. The average molecular weight is 361 g/mol. The quantitative estimate of drug-likeness (QED) is 0.820. The van der Waals surface area contributed by atoms with Gasteiger partial charge in [-0.1, -0.05) is 42.5 Å². The molecule has 0 aliphatic carbocycles. The van der Waals surface area contributed by atoms with Gasteiger partial charge in [0.15, 0.2) is 0 Å². The average Bonchev–Trinajstić information content (AvgIpc) is 2.61. The van der Waals surface area contributed by atoms with Crippen LogP contribution in [0.5, 0.6) is 0 Å². The second-order valence-electron chi connectivity index (χ2n) is 6.19. The largest absolute Gasteiger partial charge is 0.379 e. The normalized spacial score (nSPS) is 14.6. The van der Waals surface area contributed by atoms with Crippen molar-refractivity contribution in [1.82, 2.24) is 4.90 Å². The molecule has 0 radical (unpaired) electrons. The van der Waals surface area contributed by atoms with Crippen molar-refractivity contribution in [2.24, 2.45) is 0 Å². The molecule has 1 aliphatic rings. The van der Waals surface area contributed by atoms with E-state index >= 15 is 0 Å². The van der Waals surface area contributed by atoms with Crippen molar-refractivity contribution in [3.05, 3.63) is 65.7 Å². The summed E-state index contributed by atoms with van der Waals surface area (Å²) in [6, 6.07) is 18.3. The molecule has 0 bridgehead atoms. The number of ether oxygens (including phenoxy) is 1. The Balaban J connectivity index is 0.00000225. The second kappa shape index (κ2) is 9.56. The molecule has 0 N–H and O–H groups in total. The molecular formula is C20H25ClN2O2. The van der Waals surface area contributed by atoms with Gasteiger partial charge >= 0.3 is 0 Å². The van der Waals surface area contributed by atoms with E-state index in [9.17, 15) is 4.79 Å². The monoisotopic (exact) mass is 360 g/mol. The minimum atomic E-state index is 0. The zero-order chi connectivity index (χ0) is 16.8. The maximum absolute atomic E-state index is 13.0. The summed E-state index contributed by atoms with van der Waals surface area (Å²) in [4.78, 5) is 17.0. The van der Waals surface area contributed by atoms with Gasteiger partial charge in [-0.2, -0.15) is 0 Å². The van der Waals surface area contributed by atoms with Crippen molar-refractivity contribution in [2.45, 2.75) is 13.5 Å². The van der Waals surface area contributed by atoms with E-state index in [4.69, 9.17) is 4.74 Å². The molecule has 0 unspecified atom stereocenters. The molecule has 1 amide bonds. The van der Waals surface area contributed by atoms with E-state index in [-0.39, 0.29) is 18.3 Å². The summed E-state index contributed by atoms with van der Waals surface area (Å²) in [7, 11) is 0. The summed E-state index contributed by atoms with van der Waals surface area (Å²) in [5, 5.41) is 0. The molecule has 25 heavy (non-hydrogen) atoms. The highest BCUT2D eigenvalue weighted by Gasteiger charge is 2.21. The van der Waals surface area contributed by atoms with E-state index in [1.54, 1.807) is 0 Å². The standard InChI is InChI=1S/C20H24N2O2.ClH/c1-17-6-5-9-19(14-17)22(15-18-7-3-2-4-8-18)20(23)16-21-10-12-24-13-11-21;/h2-9,14H,10-13,15-16H2,1H3;1H. The fraction of sp³-hybridized carbons (Fsp3) is 0.350. The molecule has 2 aromatic rings. The van der Waals surface area contributed by atoms with Gasteiger partial charge in [0, 0.05) is 18.8 Å². The number of rotatable bonds is 5. The number of benzene rings is 2. The maximum atomic E-state index is 13.0. The van der Waals surface area contributed by atoms with E-state index in [0.29, 0.717) is 26.3 Å². The van der Waals surface area contributed by atoms with Crippen molar-refractivity contribution in [3.63, 3.8) is 0 Å². The Morgan fingerprint density at radius 3 is 2.48 bits per heavy atom. The smallest absolute Gasteiger partial charge is 0.241 e. The summed E-state index contributed by atoms with van der Waals surface area (Å²) in [5.41, 5.74) is 3.25. The zero-order valence-corrected chi connectivity index (χ0v) is 15.4. The van der Waals surface area contributed by atoms with Crippen LogP contribution in [0.15, 0.2) is 54.6 Å². The van der Waals surface area contributed by atoms with E-state index in [1.807, 2.05) is 35.2 Å². The van der Waals surface area contributed by atoms with Crippen LogP contribution in [0.1, 0.15) is 11.1 Å². The first-order valence-corrected chi connectivity index (χ1v) is 8.43. The number of hydrogen-bond acceptors (Lipinski definition) is 3. The number of hydrogen-bond donors (Lipinski definition) is 0. The molecule has 5 heteroatoms. The van der Waals surface area contributed by atoms with Crippen molar-refractivity contribution < 1.29 is 9.53 Å². The van der Waals surface area contributed by atoms with Crippen LogP contribution in [-0.4, -0.2) is 43.7 Å². The molecule has 0 spiro atoms. The Morgan fingerprint density at radius 1 is 1.08 bits per heavy atom. The Labute approximate surface area is 155 Å². The van der Waals surface area contributed by atoms with Crippen LogP contribution in [-0.2, 0) is 16.1 Å². The second-order valence-corrected chi connectivity index (χ2v) is 6.19. The lowest BCUT2D eigenvalue weighted by Crippen LogP contribution is -2.44. The van der Waals surface area contributed by atoms with Gasteiger partial charge in [0.1, 0.15) is 0 Å². The zero-order valence-electron chi connectivity index (χ0n) is 14.6. The lowest BCUT2D eigenvalue weighted by atomic mass is 10.1. The predicted octanol–water partition coefficient (Wildman–Crippen LogP) is 3.28. The van der Waals surface area contributed by atoms with E-state index in [2.05, 4.69) is 36.1 Å². The van der Waals surface area contributed by atoms with Gasteiger partial charge in [-0.05, 0) is 30.2 Å². The fourth-order valence-corrected chi connectivity index (χ4v) is 2.92. The molecule has 1 aliphatic heterocycles. The SMILES string of the molecule is Cc1cccc(N(Cc2ccccc2)C(=O)CN2CCOCC2)c1.Cl. The molecular weight excluding hydrogens is 336 g/mol. The lowest BCUT2D eigenvalue weighted by Gasteiger charge is -2.30. The third-order valence-corrected chi connectivity index (χ3v) is 4.26.